The summed E-state index contributed by atoms with van der Waals surface area (Å²) in [6, 6.07) is 10.3. The zero-order valence-electron chi connectivity index (χ0n) is 17.9. The Morgan fingerprint density at radius 2 is 1.56 bits per heavy atom. The van der Waals surface area contributed by atoms with Crippen LogP contribution in [0, 0.1) is 0 Å². The van der Waals surface area contributed by atoms with E-state index in [0.29, 0.717) is 12.2 Å². The number of benzene rings is 2. The second-order valence-electron chi connectivity index (χ2n) is 5.39. The molecule has 0 amide bonds. The summed E-state index contributed by atoms with van der Waals surface area (Å²) < 4.78 is 32.1. The van der Waals surface area contributed by atoms with Crippen LogP contribution in [0.25, 0.3) is 10.8 Å². The molecule has 0 spiro atoms. The number of fused-ring (bicyclic) bond motifs is 1. The van der Waals surface area contributed by atoms with E-state index >= 15 is 0 Å². The van der Waals surface area contributed by atoms with Gasteiger partial charge in [0.2, 0.25) is 0 Å². The van der Waals surface area contributed by atoms with Gasteiger partial charge in [0, 0.05) is 40.3 Å². The molecule has 7 heteroatoms. The van der Waals surface area contributed by atoms with E-state index in [2.05, 4.69) is 20.5 Å². The summed E-state index contributed by atoms with van der Waals surface area (Å²) in [4.78, 5) is 4.03. The fourth-order valence-electron chi connectivity index (χ4n) is 2.55. The smallest absolute Gasteiger partial charge is 0.160 e. The van der Waals surface area contributed by atoms with Gasteiger partial charge in [0.15, 0.2) is 5.82 Å². The van der Waals surface area contributed by atoms with Crippen molar-refractivity contribution in [2.24, 2.45) is 0 Å². The molecule has 4 nitrogen and oxygen atoms in total. The number of hydrogen-bond acceptors (Lipinski definition) is 4. The lowest BCUT2D eigenvalue weighted by atomic mass is 10.0. The molecule has 0 fully saturated rings. The van der Waals surface area contributed by atoms with Gasteiger partial charge < -0.3 is 5.32 Å². The van der Waals surface area contributed by atoms with Gasteiger partial charge in [0.25, 0.3) is 0 Å². The normalized spacial score (nSPS) is 12.0. The second-order valence-corrected chi connectivity index (χ2v) is 5.77. The van der Waals surface area contributed by atoms with Crippen LogP contribution in [0.5, 0.6) is 0 Å². The van der Waals surface area contributed by atoms with Crippen LogP contribution in [0.1, 0.15) is 16.7 Å². The van der Waals surface area contributed by atoms with Gasteiger partial charge in [-0.1, -0.05) is 35.9 Å². The van der Waals surface area contributed by atoms with Gasteiger partial charge >= 0.3 is 0 Å². The summed E-state index contributed by atoms with van der Waals surface area (Å²) in [5.41, 5.74) is 1.84. The molecule has 2 aromatic heterocycles. The van der Waals surface area contributed by atoms with Crippen LogP contribution in [0.3, 0.4) is 0 Å². The van der Waals surface area contributed by atoms with Crippen molar-refractivity contribution in [2.75, 3.05) is 5.32 Å². The Morgan fingerprint density at radius 1 is 0.889 bits per heavy atom. The van der Waals surface area contributed by atoms with Gasteiger partial charge in [-0.2, -0.15) is 5.10 Å². The zero-order valence-corrected chi connectivity index (χ0v) is 16.3. The Hall–Kier alpha value is -2.40. The van der Waals surface area contributed by atoms with Crippen molar-refractivity contribution in [3.8, 4) is 0 Å². The molecular formula is C20H17Cl3N4. The largest absolute Gasteiger partial charge is 0.338 e. The quantitative estimate of drug-likeness (QED) is 0.447. The van der Waals surface area contributed by atoms with Crippen LogP contribution in [0.15, 0.2) is 73.0 Å². The molecule has 138 valence electrons. The van der Waals surface area contributed by atoms with Gasteiger partial charge in [-0.05, 0) is 41.9 Å². The summed E-state index contributed by atoms with van der Waals surface area (Å²) in [6.07, 6.45) is 4.03. The third kappa shape index (κ3) is 4.86. The van der Waals surface area contributed by atoms with Gasteiger partial charge in [0.1, 0.15) is 0 Å². The Labute approximate surface area is 180 Å². The molecule has 0 bridgehead atoms. The van der Waals surface area contributed by atoms with Gasteiger partial charge in [-0.25, -0.2) is 0 Å². The highest BCUT2D eigenvalue weighted by Gasteiger charge is 2.10. The van der Waals surface area contributed by atoms with E-state index in [9.17, 15) is 0 Å². The first-order chi connectivity index (χ1) is 14.0. The van der Waals surface area contributed by atoms with E-state index in [1.165, 1.54) is 0 Å². The minimum atomic E-state index is -0.304. The molecule has 2 heterocycles. The average Bonchev–Trinajstić information content (AvgIpc) is 2.76. The van der Waals surface area contributed by atoms with Crippen molar-refractivity contribution >= 4 is 58.7 Å². The lowest BCUT2D eigenvalue weighted by molar-refractivity contribution is 0.960. The number of rotatable bonds is 4. The number of nitrogens with zero attached hydrogens (tertiary/aromatic N) is 3. The maximum Gasteiger partial charge on any atom is 0.160 e. The maximum atomic E-state index is 8.13. The number of aromatic nitrogens is 3. The number of hydrogen-bond donors (Lipinski definition) is 1. The molecule has 0 aliphatic heterocycles. The van der Waals surface area contributed by atoms with Crippen LogP contribution >= 0.6 is 36.4 Å². The lowest BCUT2D eigenvalue weighted by Crippen LogP contribution is -2.02. The van der Waals surface area contributed by atoms with E-state index in [1.54, 1.807) is 12.4 Å². The van der Waals surface area contributed by atoms with E-state index in [0.717, 1.165) is 22.0 Å². The van der Waals surface area contributed by atoms with Crippen molar-refractivity contribution in [2.45, 2.75) is 6.42 Å². The number of halogens is 3. The average molecular weight is 424 g/mol. The first-order valence-electron chi connectivity index (χ1n) is 9.63. The highest BCUT2D eigenvalue weighted by atomic mass is 35.5. The van der Waals surface area contributed by atoms with Gasteiger partial charge in [-0.15, -0.1) is 29.9 Å². The molecule has 27 heavy (non-hydrogen) atoms. The summed E-state index contributed by atoms with van der Waals surface area (Å²) in [6.45, 7) is 0. The van der Waals surface area contributed by atoms with Crippen molar-refractivity contribution < 1.29 is 5.48 Å². The molecule has 0 aliphatic rings. The monoisotopic (exact) mass is 422 g/mol. The molecule has 0 atom stereocenters. The van der Waals surface area contributed by atoms with E-state index in [-0.39, 0.29) is 59.7 Å². The fourth-order valence-corrected chi connectivity index (χ4v) is 2.65. The lowest BCUT2D eigenvalue weighted by Gasteiger charge is -2.11. The topological polar surface area (TPSA) is 50.7 Å². The second kappa shape index (κ2) is 9.51. The highest BCUT2D eigenvalue weighted by Crippen LogP contribution is 2.27. The van der Waals surface area contributed by atoms with Crippen LogP contribution in [0.4, 0.5) is 11.5 Å². The van der Waals surface area contributed by atoms with Crippen LogP contribution < -0.4 is 5.32 Å². The van der Waals surface area contributed by atoms with Crippen molar-refractivity contribution in [1.82, 2.24) is 15.2 Å². The molecular weight excluding hydrogens is 403 g/mol. The van der Waals surface area contributed by atoms with Crippen molar-refractivity contribution in [3.05, 3.63) is 89.2 Å². The van der Waals surface area contributed by atoms with Crippen LogP contribution in [-0.4, -0.2) is 15.2 Å². The Bertz CT molecular complexity index is 1200. The third-order valence-electron chi connectivity index (χ3n) is 3.72. The summed E-state index contributed by atoms with van der Waals surface area (Å²) in [5.74, 6) is 0.349. The van der Waals surface area contributed by atoms with Crippen molar-refractivity contribution in [1.29, 1.82) is 0 Å². The first kappa shape index (κ1) is 15.6. The maximum absolute atomic E-state index is 8.13. The molecule has 4 aromatic rings. The molecule has 1 N–H and O–H groups in total. The minimum Gasteiger partial charge on any atom is -0.338 e. The molecule has 0 aliphatic carbocycles. The number of anilines is 2. The summed E-state index contributed by atoms with van der Waals surface area (Å²) in [7, 11) is 0. The number of nitrogens with one attached hydrogen (secondary N) is 1. The Balaban J connectivity index is 0.00000171. The van der Waals surface area contributed by atoms with Crippen LogP contribution in [-0.2, 0) is 6.42 Å². The Morgan fingerprint density at radius 3 is 2.26 bits per heavy atom. The SMILES string of the molecule is Cl.Cl.[2H]c1c([2H])c(Nc2nnc(Cc3ccncc3)c3ccccc23)c([2H])c([2H])c1Cl. The van der Waals surface area contributed by atoms with E-state index in [1.807, 2.05) is 36.4 Å². The minimum absolute atomic E-state index is 0. The zero-order chi connectivity index (χ0) is 20.5. The molecule has 0 radical (unpaired) electrons. The van der Waals surface area contributed by atoms with Gasteiger partial charge in [-0.3, -0.25) is 4.98 Å². The summed E-state index contributed by atoms with van der Waals surface area (Å²) in [5, 5.41) is 13.0. The third-order valence-corrected chi connectivity index (χ3v) is 3.91. The summed E-state index contributed by atoms with van der Waals surface area (Å²) >= 11 is 5.88. The molecule has 2 aromatic carbocycles. The van der Waals surface area contributed by atoms with E-state index < -0.39 is 0 Å². The molecule has 0 saturated carbocycles. The Kier molecular flexibility index (Phi) is 5.51. The molecule has 4 rings (SSSR count). The predicted octanol–water partition coefficient (Wildman–Crippen LogP) is 5.86. The van der Waals surface area contributed by atoms with Crippen molar-refractivity contribution in [3.63, 3.8) is 0 Å². The highest BCUT2D eigenvalue weighted by molar-refractivity contribution is 6.30. The van der Waals surface area contributed by atoms with E-state index in [4.69, 9.17) is 17.1 Å². The molecule has 0 unspecified atom stereocenters. The standard InChI is InChI=1S/C20H15ClN4.2ClH/c21-15-5-7-16(8-6-15)23-20-18-4-2-1-3-17(18)19(24-25-20)13-14-9-11-22-12-10-14;;/h1-12H,13H2,(H,23,25);2*1H/i5D,6D,7D,8D;;. The first-order valence-corrected chi connectivity index (χ1v) is 8.01. The number of pyridine rings is 1. The fraction of sp³-hybridized carbons (Fsp3) is 0.0500. The van der Waals surface area contributed by atoms with Crippen LogP contribution in [0.2, 0.25) is 5.02 Å². The van der Waals surface area contributed by atoms with Gasteiger partial charge in [0.05, 0.1) is 11.2 Å². The predicted molar refractivity (Wildman–Crippen MR) is 116 cm³/mol. The molecule has 0 saturated heterocycles.